The highest BCUT2D eigenvalue weighted by molar-refractivity contribution is 5.92. The summed E-state index contributed by atoms with van der Waals surface area (Å²) in [5.74, 6) is 0.194. The molecule has 0 bridgehead atoms. The van der Waals surface area contributed by atoms with E-state index in [1.54, 1.807) is 30.6 Å². The SMILES string of the molecule is CN(Cc1ccccc1)Cc1cc(C(=O)N[C@H](CO)c2cccnc2)no1. The average Bonchev–Trinajstić information content (AvgIpc) is 3.16. The van der Waals surface area contributed by atoms with Crippen molar-refractivity contribution >= 4 is 5.91 Å². The van der Waals surface area contributed by atoms with E-state index in [-0.39, 0.29) is 12.3 Å². The van der Waals surface area contributed by atoms with E-state index in [1.807, 2.05) is 25.2 Å². The van der Waals surface area contributed by atoms with E-state index >= 15 is 0 Å². The van der Waals surface area contributed by atoms with Gasteiger partial charge >= 0.3 is 0 Å². The number of nitrogens with zero attached hydrogens (tertiary/aromatic N) is 3. The molecule has 1 amide bonds. The van der Waals surface area contributed by atoms with Gasteiger partial charge in [0.2, 0.25) is 0 Å². The minimum absolute atomic E-state index is 0.181. The van der Waals surface area contributed by atoms with E-state index in [0.717, 1.165) is 12.1 Å². The molecule has 2 heterocycles. The van der Waals surface area contributed by atoms with Crippen molar-refractivity contribution in [2.45, 2.75) is 19.1 Å². The minimum atomic E-state index is -0.549. The molecule has 0 aliphatic rings. The zero-order valence-corrected chi connectivity index (χ0v) is 15.1. The van der Waals surface area contributed by atoms with E-state index < -0.39 is 11.9 Å². The quantitative estimate of drug-likeness (QED) is 0.635. The van der Waals surface area contributed by atoms with Crippen molar-refractivity contribution in [3.63, 3.8) is 0 Å². The molecule has 0 saturated heterocycles. The summed E-state index contributed by atoms with van der Waals surface area (Å²) < 4.78 is 5.29. The third-order valence-electron chi connectivity index (χ3n) is 4.09. The van der Waals surface area contributed by atoms with Crippen LogP contribution in [0, 0.1) is 0 Å². The van der Waals surface area contributed by atoms with E-state index in [9.17, 15) is 9.90 Å². The van der Waals surface area contributed by atoms with Gasteiger partial charge in [-0.1, -0.05) is 41.6 Å². The van der Waals surface area contributed by atoms with Gasteiger partial charge in [0.1, 0.15) is 0 Å². The molecule has 0 saturated carbocycles. The molecule has 0 spiro atoms. The number of hydrogen-bond acceptors (Lipinski definition) is 6. The summed E-state index contributed by atoms with van der Waals surface area (Å²) in [6.45, 7) is 1.06. The number of pyridine rings is 1. The lowest BCUT2D eigenvalue weighted by Crippen LogP contribution is -2.31. The Labute approximate surface area is 157 Å². The standard InChI is InChI=1S/C20H22N4O3/c1-24(12-15-6-3-2-4-7-15)13-17-10-18(23-27-17)20(26)22-19(14-25)16-8-5-9-21-11-16/h2-11,19,25H,12-14H2,1H3,(H,22,26)/t19-/m1/s1. The van der Waals surface area contributed by atoms with Crippen molar-refractivity contribution in [3.05, 3.63) is 83.5 Å². The van der Waals surface area contributed by atoms with Gasteiger partial charge < -0.3 is 14.9 Å². The lowest BCUT2D eigenvalue weighted by Gasteiger charge is -2.15. The van der Waals surface area contributed by atoms with Crippen LogP contribution in [0.1, 0.15) is 33.4 Å². The fourth-order valence-electron chi connectivity index (χ4n) is 2.76. The first-order valence-corrected chi connectivity index (χ1v) is 8.65. The van der Waals surface area contributed by atoms with Gasteiger partial charge in [-0.25, -0.2) is 0 Å². The fraction of sp³-hybridized carbons (Fsp3) is 0.250. The highest BCUT2D eigenvalue weighted by Crippen LogP contribution is 2.13. The number of aliphatic hydroxyl groups excluding tert-OH is 1. The van der Waals surface area contributed by atoms with E-state index in [4.69, 9.17) is 4.52 Å². The molecule has 1 atom stereocenters. The largest absolute Gasteiger partial charge is 0.394 e. The molecule has 0 fully saturated rings. The minimum Gasteiger partial charge on any atom is -0.394 e. The molecular weight excluding hydrogens is 344 g/mol. The van der Waals surface area contributed by atoms with Gasteiger partial charge in [0.25, 0.3) is 5.91 Å². The van der Waals surface area contributed by atoms with Crippen molar-refractivity contribution in [1.82, 2.24) is 20.4 Å². The van der Waals surface area contributed by atoms with Crippen molar-refractivity contribution in [2.24, 2.45) is 0 Å². The summed E-state index contributed by atoms with van der Waals surface area (Å²) in [4.78, 5) is 18.5. The van der Waals surface area contributed by atoms with Crippen LogP contribution in [0.3, 0.4) is 0 Å². The molecule has 0 unspecified atom stereocenters. The Hall–Kier alpha value is -3.03. The van der Waals surface area contributed by atoms with Crippen molar-refractivity contribution in [1.29, 1.82) is 0 Å². The lowest BCUT2D eigenvalue weighted by atomic mass is 10.1. The number of amides is 1. The zero-order chi connectivity index (χ0) is 19.1. The number of aromatic nitrogens is 2. The van der Waals surface area contributed by atoms with Crippen LogP contribution in [0.5, 0.6) is 0 Å². The first kappa shape index (κ1) is 18.8. The molecule has 1 aromatic carbocycles. The fourth-order valence-corrected chi connectivity index (χ4v) is 2.76. The number of carbonyl (C=O) groups excluding carboxylic acids is 1. The van der Waals surface area contributed by atoms with E-state index in [2.05, 4.69) is 32.5 Å². The average molecular weight is 366 g/mol. The molecule has 7 nitrogen and oxygen atoms in total. The van der Waals surface area contributed by atoms with Crippen LogP contribution >= 0.6 is 0 Å². The maximum Gasteiger partial charge on any atom is 0.274 e. The van der Waals surface area contributed by atoms with Crippen LogP contribution in [0.25, 0.3) is 0 Å². The molecule has 2 aromatic heterocycles. The number of aliphatic hydroxyl groups is 1. The Kier molecular flexibility index (Phi) is 6.30. The maximum atomic E-state index is 12.4. The number of nitrogens with one attached hydrogen (secondary N) is 1. The smallest absolute Gasteiger partial charge is 0.274 e. The third-order valence-corrected chi connectivity index (χ3v) is 4.09. The molecular formula is C20H22N4O3. The van der Waals surface area contributed by atoms with Crippen LogP contribution in [0.4, 0.5) is 0 Å². The highest BCUT2D eigenvalue weighted by Gasteiger charge is 2.19. The van der Waals surface area contributed by atoms with Gasteiger partial charge in [0.15, 0.2) is 11.5 Å². The number of benzene rings is 1. The van der Waals surface area contributed by atoms with Gasteiger partial charge in [-0.05, 0) is 24.2 Å². The van der Waals surface area contributed by atoms with E-state index in [0.29, 0.717) is 12.3 Å². The molecule has 7 heteroatoms. The number of rotatable bonds is 8. The van der Waals surface area contributed by atoms with Crippen molar-refractivity contribution < 1.29 is 14.4 Å². The van der Waals surface area contributed by atoms with Crippen LogP contribution in [-0.2, 0) is 13.1 Å². The van der Waals surface area contributed by atoms with Gasteiger partial charge in [-0.15, -0.1) is 0 Å². The highest BCUT2D eigenvalue weighted by atomic mass is 16.5. The van der Waals surface area contributed by atoms with Gasteiger partial charge in [-0.3, -0.25) is 14.7 Å². The van der Waals surface area contributed by atoms with Crippen molar-refractivity contribution in [2.75, 3.05) is 13.7 Å². The summed E-state index contributed by atoms with van der Waals surface area (Å²) in [7, 11) is 1.97. The van der Waals surface area contributed by atoms with Crippen molar-refractivity contribution in [3.8, 4) is 0 Å². The Morgan fingerprint density at radius 1 is 1.22 bits per heavy atom. The van der Waals surface area contributed by atoms with Crippen LogP contribution < -0.4 is 5.32 Å². The second kappa shape index (κ2) is 9.07. The second-order valence-corrected chi connectivity index (χ2v) is 6.33. The summed E-state index contributed by atoms with van der Waals surface area (Å²) in [5, 5.41) is 16.1. The topological polar surface area (TPSA) is 91.5 Å². The summed E-state index contributed by atoms with van der Waals surface area (Å²) in [5.41, 5.74) is 2.10. The summed E-state index contributed by atoms with van der Waals surface area (Å²) in [6.07, 6.45) is 3.24. The van der Waals surface area contributed by atoms with E-state index in [1.165, 1.54) is 5.56 Å². The lowest BCUT2D eigenvalue weighted by molar-refractivity contribution is 0.0906. The molecule has 3 rings (SSSR count). The molecule has 0 aliphatic heterocycles. The predicted molar refractivity (Wildman–Crippen MR) is 99.6 cm³/mol. The molecule has 2 N–H and O–H groups in total. The molecule has 140 valence electrons. The Morgan fingerprint density at radius 2 is 2.04 bits per heavy atom. The van der Waals surface area contributed by atoms with Gasteiger partial charge in [0.05, 0.1) is 19.2 Å². The second-order valence-electron chi connectivity index (χ2n) is 6.33. The Balaban J connectivity index is 1.58. The first-order chi connectivity index (χ1) is 13.2. The molecule has 27 heavy (non-hydrogen) atoms. The molecule has 0 radical (unpaired) electrons. The van der Waals surface area contributed by atoms with Gasteiger partial charge in [0, 0.05) is 25.0 Å². The Bertz CT molecular complexity index is 852. The summed E-state index contributed by atoms with van der Waals surface area (Å²) in [6, 6.07) is 14.7. The first-order valence-electron chi connectivity index (χ1n) is 8.65. The number of carbonyl (C=O) groups is 1. The normalized spacial score (nSPS) is 12.1. The van der Waals surface area contributed by atoms with Crippen LogP contribution in [0.2, 0.25) is 0 Å². The van der Waals surface area contributed by atoms with Crippen LogP contribution in [0.15, 0.2) is 65.4 Å². The number of hydrogen-bond donors (Lipinski definition) is 2. The monoisotopic (exact) mass is 366 g/mol. The molecule has 3 aromatic rings. The maximum absolute atomic E-state index is 12.4. The Morgan fingerprint density at radius 3 is 2.74 bits per heavy atom. The van der Waals surface area contributed by atoms with Crippen LogP contribution in [-0.4, -0.2) is 39.7 Å². The third kappa shape index (κ3) is 5.22. The predicted octanol–water partition coefficient (Wildman–Crippen LogP) is 2.17. The van der Waals surface area contributed by atoms with Gasteiger partial charge in [-0.2, -0.15) is 0 Å². The zero-order valence-electron chi connectivity index (χ0n) is 15.1. The summed E-state index contributed by atoms with van der Waals surface area (Å²) >= 11 is 0. The molecule has 0 aliphatic carbocycles.